The predicted octanol–water partition coefficient (Wildman–Crippen LogP) is 21.1. The summed E-state index contributed by atoms with van der Waals surface area (Å²) in [6, 6.07) is 128. The largest absolute Gasteiger partial charge is 0.311 e. The number of hydrogen-bond donors (Lipinski definition) is 0. The Kier molecular flexibility index (Phi) is 10.7. The van der Waals surface area contributed by atoms with Gasteiger partial charge < -0.3 is 23.5 Å². The molecular formula is C91H56BN5. The quantitative estimate of drug-likeness (QED) is 0.155. The van der Waals surface area contributed by atoms with E-state index in [-0.39, 0.29) is 6.71 Å². The van der Waals surface area contributed by atoms with Gasteiger partial charge in [0.2, 0.25) is 0 Å². The van der Waals surface area contributed by atoms with E-state index in [1.807, 2.05) is 0 Å². The molecule has 0 fully saturated rings. The number of anilines is 6. The maximum Gasteiger partial charge on any atom is 0.252 e. The number of nitrogens with zero attached hydrogens (tertiary/aromatic N) is 5. The first kappa shape index (κ1) is 52.8. The summed E-state index contributed by atoms with van der Waals surface area (Å²) in [5, 5.41) is 7.34. The van der Waals surface area contributed by atoms with Gasteiger partial charge in [0.15, 0.2) is 0 Å². The number of hydrogen-bond acceptors (Lipinski definition) is 2. The Morgan fingerprint density at radius 2 is 0.608 bits per heavy atom. The van der Waals surface area contributed by atoms with E-state index in [2.05, 4.69) is 363 Å². The second-order valence-electron chi connectivity index (χ2n) is 26.6. The van der Waals surface area contributed by atoms with Crippen LogP contribution in [-0.4, -0.2) is 20.4 Å². The maximum absolute atomic E-state index is 2.67. The topological polar surface area (TPSA) is 21.3 Å². The number of rotatable bonds is 6. The van der Waals surface area contributed by atoms with E-state index < -0.39 is 5.41 Å². The normalized spacial score (nSPS) is 13.6. The highest BCUT2D eigenvalue weighted by Gasteiger charge is 2.52. The summed E-state index contributed by atoms with van der Waals surface area (Å²) in [7, 11) is 0. The minimum Gasteiger partial charge on any atom is -0.311 e. The Hall–Kier alpha value is -12.6. The van der Waals surface area contributed by atoms with Crippen LogP contribution in [0.4, 0.5) is 34.1 Å². The van der Waals surface area contributed by atoms with Crippen molar-refractivity contribution in [2.75, 3.05) is 9.80 Å². The molecule has 18 aromatic rings. The molecule has 4 aliphatic rings. The van der Waals surface area contributed by atoms with Crippen LogP contribution in [0.3, 0.4) is 0 Å². The molecule has 5 heterocycles. The zero-order chi connectivity index (χ0) is 63.2. The van der Waals surface area contributed by atoms with Crippen molar-refractivity contribution in [1.82, 2.24) is 13.7 Å². The van der Waals surface area contributed by atoms with Crippen LogP contribution >= 0.6 is 0 Å². The molecule has 3 aromatic heterocycles. The standard InChI is InChI=1S/C91H56BN5/c1-3-23-57(24-4-1)58-43-45-60(46-44-58)94-87-56-85-73(72-34-14-22-42-84(72)93(85)59-25-5-2-6-26-59)55-79(87)92-78-50-48-62(95-80-38-18-10-30-68(80)69-31-11-19-39-81(69)95)52-86(78)96(89-54-63(53-88(94)90(89)92)97-82-40-20-12-32-70(82)71-33-13-21-41-83(71)97)61-47-49-67-66-29-9-17-37-76(66)91(77(67)51-61)74-35-15-7-27-64(74)65-28-8-16-36-75(65)91/h1-56H. The van der Waals surface area contributed by atoms with Crippen LogP contribution in [0.5, 0.6) is 0 Å². The second kappa shape index (κ2) is 19.7. The molecule has 0 amide bonds. The Balaban J connectivity index is 0.898. The summed E-state index contributed by atoms with van der Waals surface area (Å²) in [5.41, 5.74) is 32.9. The van der Waals surface area contributed by atoms with Crippen molar-refractivity contribution in [2.45, 2.75) is 5.41 Å². The Morgan fingerprint density at radius 1 is 0.216 bits per heavy atom. The van der Waals surface area contributed by atoms with E-state index in [4.69, 9.17) is 0 Å². The third kappa shape index (κ3) is 7.07. The molecule has 0 atom stereocenters. The van der Waals surface area contributed by atoms with E-state index in [1.54, 1.807) is 0 Å². The molecule has 0 saturated heterocycles. The highest BCUT2D eigenvalue weighted by Crippen LogP contribution is 2.64. The molecular weight excluding hydrogens is 1170 g/mol. The molecule has 0 radical (unpaired) electrons. The van der Waals surface area contributed by atoms with Gasteiger partial charge in [-0.25, -0.2) is 0 Å². The van der Waals surface area contributed by atoms with E-state index in [0.29, 0.717) is 0 Å². The number of para-hydroxylation sites is 6. The van der Waals surface area contributed by atoms with E-state index in [9.17, 15) is 0 Å². The minimum atomic E-state index is -0.572. The lowest BCUT2D eigenvalue weighted by atomic mass is 9.33. The van der Waals surface area contributed by atoms with Crippen molar-refractivity contribution < 1.29 is 0 Å². The highest BCUT2D eigenvalue weighted by atomic mass is 15.2. The predicted molar refractivity (Wildman–Crippen MR) is 405 cm³/mol. The van der Waals surface area contributed by atoms with Crippen molar-refractivity contribution in [3.8, 4) is 50.4 Å². The van der Waals surface area contributed by atoms with E-state index in [0.717, 1.165) is 67.7 Å². The molecule has 448 valence electrons. The minimum absolute atomic E-state index is 0.215. The van der Waals surface area contributed by atoms with E-state index in [1.165, 1.54) is 121 Å². The van der Waals surface area contributed by atoms with E-state index >= 15 is 0 Å². The van der Waals surface area contributed by atoms with Crippen LogP contribution in [0.25, 0.3) is 116 Å². The lowest BCUT2D eigenvalue weighted by molar-refractivity contribution is 0.793. The molecule has 97 heavy (non-hydrogen) atoms. The van der Waals surface area contributed by atoms with Gasteiger partial charge in [0.05, 0.1) is 44.2 Å². The SMILES string of the molecule is c1ccc(-c2ccc(N3c4cc5c(cc4B4c6ccc(-n7c8ccccc8c8ccccc87)cc6N(c6ccc7c(c6)C6(c8ccccc8-c8ccccc86)c6ccccc6-7)c6cc(-n7c8ccccc8c8ccccc87)cc3c64)c3ccccc3n5-c3ccccc3)cc2)cc1. The first-order valence-corrected chi connectivity index (χ1v) is 33.8. The number of fused-ring (bicyclic) bond motifs is 23. The zero-order valence-corrected chi connectivity index (χ0v) is 52.6. The summed E-state index contributed by atoms with van der Waals surface area (Å²) in [6.07, 6.45) is 0. The fourth-order valence-electron chi connectivity index (χ4n) is 18.2. The van der Waals surface area contributed by atoms with Crippen molar-refractivity contribution in [3.05, 3.63) is 362 Å². The molecule has 0 N–H and O–H groups in total. The van der Waals surface area contributed by atoms with Crippen LogP contribution in [-0.2, 0) is 5.41 Å². The van der Waals surface area contributed by atoms with Gasteiger partial charge in [-0.2, -0.15) is 0 Å². The summed E-state index contributed by atoms with van der Waals surface area (Å²) in [5.74, 6) is 0. The summed E-state index contributed by atoms with van der Waals surface area (Å²) in [6.45, 7) is -0.215. The fraction of sp³-hybridized carbons (Fsp3) is 0.0110. The zero-order valence-electron chi connectivity index (χ0n) is 52.6. The highest BCUT2D eigenvalue weighted by molar-refractivity contribution is 7.00. The molecule has 2 aliphatic carbocycles. The molecule has 0 unspecified atom stereocenters. The van der Waals surface area contributed by atoms with Gasteiger partial charge in [0, 0.05) is 77.8 Å². The fourth-order valence-corrected chi connectivity index (χ4v) is 18.2. The molecule has 5 nitrogen and oxygen atoms in total. The van der Waals surface area contributed by atoms with Gasteiger partial charge in [0.1, 0.15) is 0 Å². The van der Waals surface area contributed by atoms with Gasteiger partial charge in [-0.3, -0.25) is 0 Å². The van der Waals surface area contributed by atoms with Gasteiger partial charge >= 0.3 is 0 Å². The average molecular weight is 1230 g/mol. The first-order chi connectivity index (χ1) is 48.2. The van der Waals surface area contributed by atoms with Gasteiger partial charge in [-0.1, -0.05) is 243 Å². The van der Waals surface area contributed by atoms with Crippen LogP contribution in [0.15, 0.2) is 340 Å². The van der Waals surface area contributed by atoms with Crippen LogP contribution in [0.1, 0.15) is 22.3 Å². The summed E-state index contributed by atoms with van der Waals surface area (Å²) >= 11 is 0. The van der Waals surface area contributed by atoms with Crippen molar-refractivity contribution in [3.63, 3.8) is 0 Å². The molecule has 15 aromatic carbocycles. The monoisotopic (exact) mass is 1230 g/mol. The van der Waals surface area contributed by atoms with Gasteiger partial charge in [0.25, 0.3) is 6.71 Å². The maximum atomic E-state index is 2.67. The van der Waals surface area contributed by atoms with Gasteiger partial charge in [-0.15, -0.1) is 0 Å². The third-order valence-corrected chi connectivity index (χ3v) is 22.0. The lowest BCUT2D eigenvalue weighted by Gasteiger charge is -2.45. The van der Waals surface area contributed by atoms with Crippen molar-refractivity contribution >= 4 is 123 Å². The first-order valence-electron chi connectivity index (χ1n) is 33.8. The number of benzene rings is 15. The number of aromatic nitrogens is 3. The Labute approximate surface area is 560 Å². The third-order valence-electron chi connectivity index (χ3n) is 22.0. The molecule has 0 saturated carbocycles. The van der Waals surface area contributed by atoms with Gasteiger partial charge in [-0.05, 0) is 169 Å². The smallest absolute Gasteiger partial charge is 0.252 e. The second-order valence-corrected chi connectivity index (χ2v) is 26.6. The molecule has 22 rings (SSSR count). The molecule has 0 bridgehead atoms. The van der Waals surface area contributed by atoms with Crippen LogP contribution < -0.4 is 26.2 Å². The van der Waals surface area contributed by atoms with Crippen LogP contribution in [0.2, 0.25) is 0 Å². The summed E-state index contributed by atoms with van der Waals surface area (Å²) < 4.78 is 7.50. The Bertz CT molecular complexity index is 6240. The average Bonchev–Trinajstić information content (AvgIpc) is 1.45. The lowest BCUT2D eigenvalue weighted by Crippen LogP contribution is -2.61. The molecule has 2 aliphatic heterocycles. The summed E-state index contributed by atoms with van der Waals surface area (Å²) in [4.78, 5) is 5.28. The van der Waals surface area contributed by atoms with Crippen molar-refractivity contribution in [1.29, 1.82) is 0 Å². The Morgan fingerprint density at radius 3 is 1.15 bits per heavy atom. The molecule has 1 spiro atoms. The van der Waals surface area contributed by atoms with Crippen molar-refractivity contribution in [2.24, 2.45) is 0 Å². The van der Waals surface area contributed by atoms with Crippen LogP contribution in [0, 0.1) is 0 Å². The molecule has 6 heteroatoms.